The molecule has 7 heteroatoms. The van der Waals surface area contributed by atoms with Gasteiger partial charge in [-0.3, -0.25) is 14.5 Å². The van der Waals surface area contributed by atoms with Crippen LogP contribution in [0.5, 0.6) is 5.75 Å². The topological polar surface area (TPSA) is 97.7 Å². The normalized spacial score (nSPS) is 15.4. The van der Waals surface area contributed by atoms with Crippen molar-refractivity contribution in [2.75, 3.05) is 6.54 Å². The molecule has 1 heterocycles. The fraction of sp³-hybridized carbons (Fsp3) is 0.0556. The molecule has 1 aliphatic rings. The minimum absolute atomic E-state index is 0.0778. The molecule has 3 rings (SSSR count). The summed E-state index contributed by atoms with van der Waals surface area (Å²) in [6.45, 7) is -0.856. The summed E-state index contributed by atoms with van der Waals surface area (Å²) >= 11 is 5.92. The number of carboxylic acid groups (broad SMARTS) is 1. The number of benzene rings is 2. The molecule has 0 unspecified atom stereocenters. The van der Waals surface area contributed by atoms with Crippen molar-refractivity contribution in [3.63, 3.8) is 0 Å². The Kier molecular flexibility index (Phi) is 4.29. The Morgan fingerprint density at radius 3 is 2.48 bits per heavy atom. The number of fused-ring (bicyclic) bond motifs is 1. The van der Waals surface area contributed by atoms with Gasteiger partial charge < -0.3 is 15.0 Å². The van der Waals surface area contributed by atoms with Crippen molar-refractivity contribution in [2.24, 2.45) is 0 Å². The lowest BCUT2D eigenvalue weighted by atomic mass is 9.92. The molecule has 6 nitrogen and oxygen atoms in total. The van der Waals surface area contributed by atoms with E-state index < -0.39 is 24.3 Å². The Labute approximate surface area is 147 Å². The van der Waals surface area contributed by atoms with Gasteiger partial charge in [-0.15, -0.1) is 0 Å². The van der Waals surface area contributed by atoms with Crippen LogP contribution in [0.2, 0.25) is 5.02 Å². The molecule has 0 bridgehead atoms. The quantitative estimate of drug-likeness (QED) is 0.660. The first-order valence-corrected chi connectivity index (χ1v) is 7.62. The monoisotopic (exact) mass is 356 g/mol. The van der Waals surface area contributed by atoms with Gasteiger partial charge in [0.1, 0.15) is 5.75 Å². The maximum atomic E-state index is 12.7. The first-order valence-electron chi connectivity index (χ1n) is 7.24. The SMILES string of the molecule is O=C([O-])CN1C(=O)/C(=C\c2cc(Cl)ccc2O)c2ccccc2C1=O. The van der Waals surface area contributed by atoms with Gasteiger partial charge in [0.2, 0.25) is 0 Å². The number of rotatable bonds is 3. The maximum Gasteiger partial charge on any atom is 0.261 e. The van der Waals surface area contributed by atoms with Gasteiger partial charge in [0.25, 0.3) is 11.8 Å². The molecule has 2 aromatic carbocycles. The van der Waals surface area contributed by atoms with Crippen LogP contribution in [-0.2, 0) is 9.59 Å². The van der Waals surface area contributed by atoms with Crippen molar-refractivity contribution in [2.45, 2.75) is 0 Å². The third kappa shape index (κ3) is 3.12. The van der Waals surface area contributed by atoms with E-state index in [9.17, 15) is 24.6 Å². The lowest BCUT2D eigenvalue weighted by molar-refractivity contribution is -0.305. The fourth-order valence-corrected chi connectivity index (χ4v) is 2.79. The van der Waals surface area contributed by atoms with E-state index in [0.717, 1.165) is 0 Å². The van der Waals surface area contributed by atoms with Crippen molar-refractivity contribution in [3.8, 4) is 5.75 Å². The number of aliphatic carboxylic acids is 1. The smallest absolute Gasteiger partial charge is 0.261 e. The molecule has 0 fully saturated rings. The molecule has 126 valence electrons. The van der Waals surface area contributed by atoms with Crippen LogP contribution >= 0.6 is 11.6 Å². The number of aromatic hydroxyl groups is 1. The molecule has 0 spiro atoms. The summed E-state index contributed by atoms with van der Waals surface area (Å²) in [5, 5.41) is 21.2. The summed E-state index contributed by atoms with van der Waals surface area (Å²) < 4.78 is 0. The number of imide groups is 1. The van der Waals surface area contributed by atoms with E-state index in [0.29, 0.717) is 15.5 Å². The number of carbonyl (C=O) groups excluding carboxylic acids is 3. The van der Waals surface area contributed by atoms with E-state index >= 15 is 0 Å². The van der Waals surface area contributed by atoms with Crippen molar-refractivity contribution < 1.29 is 24.6 Å². The zero-order valence-electron chi connectivity index (χ0n) is 12.7. The molecule has 2 amide bonds. The van der Waals surface area contributed by atoms with Crippen molar-refractivity contribution >= 4 is 41.0 Å². The van der Waals surface area contributed by atoms with Crippen LogP contribution in [0.25, 0.3) is 11.6 Å². The zero-order chi connectivity index (χ0) is 18.1. The standard InChI is InChI=1S/C18H12ClNO5/c19-11-5-6-15(21)10(7-11)8-14-12-3-1-2-4-13(12)17(24)20(18(14)25)9-16(22)23/h1-8,21H,9H2,(H,22,23)/p-1/b14-8-. The van der Waals surface area contributed by atoms with Crippen LogP contribution in [0.3, 0.4) is 0 Å². The Morgan fingerprint density at radius 1 is 1.12 bits per heavy atom. The molecule has 1 aliphatic heterocycles. The van der Waals surface area contributed by atoms with Crippen molar-refractivity contribution in [3.05, 3.63) is 64.2 Å². The maximum absolute atomic E-state index is 12.7. The van der Waals surface area contributed by atoms with Crippen LogP contribution < -0.4 is 5.11 Å². The number of phenolic OH excluding ortho intramolecular Hbond substituents is 1. The summed E-state index contributed by atoms with van der Waals surface area (Å²) in [5.74, 6) is -3.15. The van der Waals surface area contributed by atoms with Gasteiger partial charge in [0.05, 0.1) is 12.5 Å². The van der Waals surface area contributed by atoms with Gasteiger partial charge >= 0.3 is 0 Å². The first kappa shape index (κ1) is 16.7. The largest absolute Gasteiger partial charge is 0.548 e. The highest BCUT2D eigenvalue weighted by Crippen LogP contribution is 2.32. The molecule has 0 radical (unpaired) electrons. The second-order valence-corrected chi connectivity index (χ2v) is 5.81. The second-order valence-electron chi connectivity index (χ2n) is 5.38. The average Bonchev–Trinajstić information content (AvgIpc) is 2.58. The zero-order valence-corrected chi connectivity index (χ0v) is 13.5. The highest BCUT2D eigenvalue weighted by Gasteiger charge is 2.34. The molecule has 25 heavy (non-hydrogen) atoms. The van der Waals surface area contributed by atoms with Gasteiger partial charge in [0, 0.05) is 21.7 Å². The Morgan fingerprint density at radius 2 is 1.80 bits per heavy atom. The van der Waals surface area contributed by atoms with Gasteiger partial charge in [-0.2, -0.15) is 0 Å². The number of carbonyl (C=O) groups is 3. The Balaban J connectivity index is 2.20. The fourth-order valence-electron chi connectivity index (χ4n) is 2.61. The van der Waals surface area contributed by atoms with E-state index in [2.05, 4.69) is 0 Å². The van der Waals surface area contributed by atoms with Crippen LogP contribution in [0.1, 0.15) is 21.5 Å². The highest BCUT2D eigenvalue weighted by molar-refractivity contribution is 6.34. The predicted octanol–water partition coefficient (Wildman–Crippen LogP) is 1.32. The van der Waals surface area contributed by atoms with Crippen molar-refractivity contribution in [1.82, 2.24) is 4.90 Å². The molecule has 2 aromatic rings. The summed E-state index contributed by atoms with van der Waals surface area (Å²) in [6.07, 6.45) is 1.37. The minimum atomic E-state index is -1.55. The predicted molar refractivity (Wildman–Crippen MR) is 88.5 cm³/mol. The molecule has 0 saturated heterocycles. The van der Waals surface area contributed by atoms with E-state index in [-0.39, 0.29) is 22.4 Å². The molecule has 0 aliphatic carbocycles. The number of carboxylic acids is 1. The minimum Gasteiger partial charge on any atom is -0.548 e. The van der Waals surface area contributed by atoms with E-state index in [1.54, 1.807) is 18.2 Å². The second kappa shape index (κ2) is 6.41. The summed E-state index contributed by atoms with van der Waals surface area (Å²) in [7, 11) is 0. The van der Waals surface area contributed by atoms with Gasteiger partial charge in [0.15, 0.2) is 0 Å². The lowest BCUT2D eigenvalue weighted by Crippen LogP contribution is -2.47. The van der Waals surface area contributed by atoms with E-state index in [1.807, 2.05) is 0 Å². The van der Waals surface area contributed by atoms with E-state index in [4.69, 9.17) is 11.6 Å². The lowest BCUT2D eigenvalue weighted by Gasteiger charge is -2.28. The first-order chi connectivity index (χ1) is 11.9. The number of nitrogens with zero attached hydrogens (tertiary/aromatic N) is 1. The summed E-state index contributed by atoms with van der Waals surface area (Å²) in [4.78, 5) is 36.6. The average molecular weight is 357 g/mol. The van der Waals surface area contributed by atoms with Gasteiger partial charge in [-0.1, -0.05) is 29.8 Å². The third-order valence-corrected chi connectivity index (χ3v) is 3.98. The summed E-state index contributed by atoms with van der Waals surface area (Å²) in [5.41, 5.74) is 0.894. The van der Waals surface area contributed by atoms with Gasteiger partial charge in [-0.25, -0.2) is 0 Å². The van der Waals surface area contributed by atoms with Crippen molar-refractivity contribution in [1.29, 1.82) is 0 Å². The Hall–Kier alpha value is -3.12. The van der Waals surface area contributed by atoms with E-state index in [1.165, 1.54) is 30.3 Å². The summed E-state index contributed by atoms with van der Waals surface area (Å²) in [6, 6.07) is 10.7. The molecule has 0 atom stereocenters. The molecule has 0 saturated carbocycles. The number of phenols is 1. The molecule has 1 N–H and O–H groups in total. The molecule has 0 aromatic heterocycles. The number of amides is 2. The van der Waals surface area contributed by atoms with Crippen LogP contribution in [0.15, 0.2) is 42.5 Å². The Bertz CT molecular complexity index is 935. The number of halogens is 1. The van der Waals surface area contributed by atoms with Crippen LogP contribution in [0.4, 0.5) is 0 Å². The number of hydrogen-bond donors (Lipinski definition) is 1. The third-order valence-electron chi connectivity index (χ3n) is 3.74. The highest BCUT2D eigenvalue weighted by atomic mass is 35.5. The number of hydrogen-bond acceptors (Lipinski definition) is 5. The van der Waals surface area contributed by atoms with Gasteiger partial charge in [-0.05, 0) is 35.9 Å². The molecular weight excluding hydrogens is 346 g/mol. The van der Waals surface area contributed by atoms with Crippen LogP contribution in [-0.4, -0.2) is 34.3 Å². The van der Waals surface area contributed by atoms with Crippen LogP contribution in [0, 0.1) is 0 Å². The molecular formula is C18H11ClNO5-.